The molecule has 0 spiro atoms. The quantitative estimate of drug-likeness (QED) is 0.418. The van der Waals surface area contributed by atoms with Crippen LogP contribution in [0.25, 0.3) is 0 Å². The van der Waals surface area contributed by atoms with Gasteiger partial charge in [0.1, 0.15) is 6.54 Å². The second kappa shape index (κ2) is 9.45. The second-order valence-electron chi connectivity index (χ2n) is 10.9. The molecule has 1 N–H and O–H groups in total. The SMILES string of the molecule is Cc1cc(C(=O)COC(=O)CNC(=O)C23CC4CC(CC(C4)C2)C3)c(C)n1Cc1ccccc1Cl. The Labute approximate surface area is 211 Å². The van der Waals surface area contributed by atoms with Gasteiger partial charge >= 0.3 is 5.97 Å². The molecule has 0 aliphatic heterocycles. The first kappa shape index (κ1) is 24.1. The fraction of sp³-hybridized carbons (Fsp3) is 0.536. The molecule has 7 heteroatoms. The zero-order valence-corrected chi connectivity index (χ0v) is 21.2. The molecule has 1 aromatic carbocycles. The third kappa shape index (κ3) is 4.77. The van der Waals surface area contributed by atoms with Crippen molar-refractivity contribution in [2.75, 3.05) is 13.2 Å². The van der Waals surface area contributed by atoms with Crippen molar-refractivity contribution < 1.29 is 19.1 Å². The van der Waals surface area contributed by atoms with E-state index in [1.165, 1.54) is 19.3 Å². The molecular formula is C28H33ClN2O4. The van der Waals surface area contributed by atoms with Gasteiger partial charge in [0.05, 0.1) is 0 Å². The summed E-state index contributed by atoms with van der Waals surface area (Å²) in [5, 5.41) is 3.50. The largest absolute Gasteiger partial charge is 0.456 e. The van der Waals surface area contributed by atoms with E-state index < -0.39 is 5.97 Å². The summed E-state index contributed by atoms with van der Waals surface area (Å²) < 4.78 is 7.27. The van der Waals surface area contributed by atoms with Crippen LogP contribution >= 0.6 is 11.6 Å². The van der Waals surface area contributed by atoms with Crippen molar-refractivity contribution in [2.45, 2.75) is 58.9 Å². The van der Waals surface area contributed by atoms with Crippen LogP contribution in [0.3, 0.4) is 0 Å². The van der Waals surface area contributed by atoms with Crippen LogP contribution in [0.15, 0.2) is 30.3 Å². The van der Waals surface area contributed by atoms with E-state index in [0.29, 0.717) is 34.9 Å². The number of hydrogen-bond acceptors (Lipinski definition) is 4. The van der Waals surface area contributed by atoms with Crippen molar-refractivity contribution in [1.82, 2.24) is 9.88 Å². The summed E-state index contributed by atoms with van der Waals surface area (Å²) in [4.78, 5) is 38.2. The minimum Gasteiger partial charge on any atom is -0.456 e. The summed E-state index contributed by atoms with van der Waals surface area (Å²) >= 11 is 6.30. The van der Waals surface area contributed by atoms with Crippen molar-refractivity contribution >= 4 is 29.3 Å². The van der Waals surface area contributed by atoms with Gasteiger partial charge in [0.25, 0.3) is 0 Å². The van der Waals surface area contributed by atoms with E-state index in [4.69, 9.17) is 16.3 Å². The number of esters is 1. The number of ether oxygens (including phenoxy) is 1. The van der Waals surface area contributed by atoms with Crippen molar-refractivity contribution in [1.29, 1.82) is 0 Å². The van der Waals surface area contributed by atoms with Gasteiger partial charge in [0.2, 0.25) is 11.7 Å². The van der Waals surface area contributed by atoms with Gasteiger partial charge in [-0.25, -0.2) is 0 Å². The second-order valence-corrected chi connectivity index (χ2v) is 11.3. The van der Waals surface area contributed by atoms with Crippen LogP contribution in [0.5, 0.6) is 0 Å². The Hall–Kier alpha value is -2.60. The molecule has 0 radical (unpaired) electrons. The third-order valence-corrected chi connectivity index (χ3v) is 8.81. The van der Waals surface area contributed by atoms with Crippen LogP contribution in [0.1, 0.15) is 65.8 Å². The molecule has 4 aliphatic carbocycles. The molecule has 6 nitrogen and oxygen atoms in total. The van der Waals surface area contributed by atoms with E-state index in [2.05, 4.69) is 5.32 Å². The number of nitrogens with one attached hydrogen (secondary N) is 1. The van der Waals surface area contributed by atoms with Crippen LogP contribution in [-0.2, 0) is 20.9 Å². The summed E-state index contributed by atoms with van der Waals surface area (Å²) in [6.45, 7) is 3.83. The van der Waals surface area contributed by atoms with Crippen molar-refractivity contribution in [3.63, 3.8) is 0 Å². The molecule has 186 valence electrons. The van der Waals surface area contributed by atoms with Gasteiger partial charge in [-0.3, -0.25) is 14.4 Å². The zero-order valence-electron chi connectivity index (χ0n) is 20.4. The van der Waals surface area contributed by atoms with Gasteiger partial charge in [-0.05, 0) is 87.8 Å². The number of ketones is 1. The Morgan fingerprint density at radius 1 is 1.06 bits per heavy atom. The molecule has 4 saturated carbocycles. The molecule has 0 atom stereocenters. The number of aromatic nitrogens is 1. The number of halogens is 1. The van der Waals surface area contributed by atoms with Gasteiger partial charge in [-0.1, -0.05) is 29.8 Å². The van der Waals surface area contributed by atoms with E-state index >= 15 is 0 Å². The van der Waals surface area contributed by atoms with Crippen LogP contribution in [0, 0.1) is 37.0 Å². The van der Waals surface area contributed by atoms with Crippen molar-refractivity contribution in [3.8, 4) is 0 Å². The fourth-order valence-electron chi connectivity index (χ4n) is 7.13. The maximum atomic E-state index is 13.0. The maximum absolute atomic E-state index is 13.0. The number of rotatable bonds is 8. The zero-order chi connectivity index (χ0) is 24.7. The Kier molecular flexibility index (Phi) is 6.51. The highest BCUT2D eigenvalue weighted by atomic mass is 35.5. The Morgan fingerprint density at radius 2 is 1.69 bits per heavy atom. The summed E-state index contributed by atoms with van der Waals surface area (Å²) in [6.07, 6.45) is 6.62. The molecule has 0 saturated heterocycles. The lowest BCUT2D eigenvalue weighted by Crippen LogP contribution is -2.54. The van der Waals surface area contributed by atoms with Crippen LogP contribution < -0.4 is 5.32 Å². The normalized spacial score (nSPS) is 26.5. The minimum atomic E-state index is -0.582. The Morgan fingerprint density at radius 3 is 2.31 bits per heavy atom. The first-order valence-corrected chi connectivity index (χ1v) is 13.0. The standard InChI is InChI=1S/C28H33ClN2O4/c1-17-7-23(18(2)31(17)15-22-5-3-4-6-24(22)29)25(32)16-35-26(33)14-30-27(34)28-11-19-8-20(12-28)10-21(9-19)13-28/h3-7,19-21H,8-16H2,1-2H3,(H,30,34). The van der Waals surface area contributed by atoms with E-state index in [0.717, 1.165) is 36.2 Å². The van der Waals surface area contributed by atoms with E-state index in [-0.39, 0.29) is 30.3 Å². The molecule has 4 fully saturated rings. The van der Waals surface area contributed by atoms with Gasteiger partial charge < -0.3 is 14.6 Å². The lowest BCUT2D eigenvalue weighted by molar-refractivity contribution is -0.150. The number of aryl methyl sites for hydroxylation is 1. The number of amides is 1. The summed E-state index contributed by atoms with van der Waals surface area (Å²) in [6, 6.07) is 9.44. The van der Waals surface area contributed by atoms with Crippen LogP contribution in [0.2, 0.25) is 5.02 Å². The third-order valence-electron chi connectivity index (χ3n) is 8.44. The van der Waals surface area contributed by atoms with Gasteiger partial charge in [0.15, 0.2) is 6.61 Å². The highest BCUT2D eigenvalue weighted by Crippen LogP contribution is 2.60. The highest BCUT2D eigenvalue weighted by Gasteiger charge is 2.54. The predicted octanol–water partition coefficient (Wildman–Crippen LogP) is 4.87. The minimum absolute atomic E-state index is 0.0111. The van der Waals surface area contributed by atoms with Gasteiger partial charge in [-0.2, -0.15) is 0 Å². The molecule has 35 heavy (non-hydrogen) atoms. The number of carbonyl (C=O) groups is 3. The topological polar surface area (TPSA) is 77.4 Å². The molecule has 1 aromatic heterocycles. The lowest BCUT2D eigenvalue weighted by atomic mass is 9.49. The predicted molar refractivity (Wildman–Crippen MR) is 133 cm³/mol. The monoisotopic (exact) mass is 496 g/mol. The first-order valence-electron chi connectivity index (χ1n) is 12.6. The smallest absolute Gasteiger partial charge is 0.325 e. The van der Waals surface area contributed by atoms with Crippen molar-refractivity contribution in [3.05, 3.63) is 57.9 Å². The van der Waals surface area contributed by atoms with Crippen LogP contribution in [0.4, 0.5) is 0 Å². The highest BCUT2D eigenvalue weighted by molar-refractivity contribution is 6.31. The molecule has 1 heterocycles. The van der Waals surface area contributed by atoms with Gasteiger partial charge in [0, 0.05) is 33.9 Å². The first-order chi connectivity index (χ1) is 16.7. The Bertz CT molecular complexity index is 1130. The van der Waals surface area contributed by atoms with E-state index in [9.17, 15) is 14.4 Å². The van der Waals surface area contributed by atoms with E-state index in [1.807, 2.05) is 48.7 Å². The molecular weight excluding hydrogens is 464 g/mol. The molecule has 0 unspecified atom stereocenters. The molecule has 6 rings (SSSR count). The lowest BCUT2D eigenvalue weighted by Gasteiger charge is -2.55. The fourth-order valence-corrected chi connectivity index (χ4v) is 7.32. The maximum Gasteiger partial charge on any atom is 0.325 e. The average molecular weight is 497 g/mol. The average Bonchev–Trinajstić information content (AvgIpc) is 3.10. The number of nitrogens with zero attached hydrogens (tertiary/aromatic N) is 1. The summed E-state index contributed by atoms with van der Waals surface area (Å²) in [5.41, 5.74) is 2.93. The Balaban J connectivity index is 1.14. The number of carbonyl (C=O) groups excluding carboxylic acids is 3. The molecule has 2 aromatic rings. The number of benzene rings is 1. The molecule has 1 amide bonds. The summed E-state index contributed by atoms with van der Waals surface area (Å²) in [5.74, 6) is 1.13. The van der Waals surface area contributed by atoms with Gasteiger partial charge in [-0.15, -0.1) is 0 Å². The summed E-state index contributed by atoms with van der Waals surface area (Å²) in [7, 11) is 0. The molecule has 4 aliphatic rings. The number of hydrogen-bond donors (Lipinski definition) is 1. The van der Waals surface area contributed by atoms with Crippen LogP contribution in [-0.4, -0.2) is 35.4 Å². The number of Topliss-reactive ketones (excluding diaryl/α,β-unsaturated/α-hetero) is 1. The van der Waals surface area contributed by atoms with Crippen molar-refractivity contribution in [2.24, 2.45) is 23.2 Å². The van der Waals surface area contributed by atoms with E-state index in [1.54, 1.807) is 0 Å². The molecule has 4 bridgehead atoms.